The Labute approximate surface area is 71.2 Å². The van der Waals surface area contributed by atoms with Gasteiger partial charge in [-0.2, -0.15) is 0 Å². The molecule has 0 saturated carbocycles. The molecule has 0 atom stereocenters. The Morgan fingerprint density at radius 1 is 1.36 bits per heavy atom. The average molecular weight is 150 g/mol. The molecule has 0 unspecified atom stereocenters. The van der Waals surface area contributed by atoms with E-state index >= 15 is 0 Å². The molecular formula is C10H19B. The van der Waals surface area contributed by atoms with Crippen molar-refractivity contribution in [2.45, 2.75) is 51.6 Å². The lowest BCUT2D eigenvalue weighted by atomic mass is 9.29. The van der Waals surface area contributed by atoms with Crippen molar-refractivity contribution >= 4 is 6.71 Å². The molecule has 1 fully saturated rings. The number of hydrogen-bond acceptors (Lipinski definition) is 0. The van der Waals surface area contributed by atoms with E-state index in [4.69, 9.17) is 0 Å². The molecule has 0 bridgehead atoms. The van der Waals surface area contributed by atoms with E-state index in [0.29, 0.717) is 5.31 Å². The summed E-state index contributed by atoms with van der Waals surface area (Å²) in [5.41, 5.74) is 1.47. The third kappa shape index (κ3) is 2.39. The molecule has 0 N–H and O–H groups in total. The van der Waals surface area contributed by atoms with E-state index < -0.39 is 0 Å². The molecule has 0 spiro atoms. The molecule has 0 aromatic heterocycles. The summed E-state index contributed by atoms with van der Waals surface area (Å²) in [7, 11) is 0. The highest BCUT2D eigenvalue weighted by Crippen LogP contribution is 2.38. The minimum atomic E-state index is 0.489. The van der Waals surface area contributed by atoms with E-state index in [2.05, 4.69) is 27.4 Å². The second-order valence-corrected chi connectivity index (χ2v) is 4.91. The fourth-order valence-corrected chi connectivity index (χ4v) is 1.89. The summed E-state index contributed by atoms with van der Waals surface area (Å²) in [6.45, 7) is 12.0. The van der Waals surface area contributed by atoms with Gasteiger partial charge in [-0.05, 0) is 6.42 Å². The number of hydrogen-bond donors (Lipinski definition) is 0. The molecule has 62 valence electrons. The zero-order valence-corrected chi connectivity index (χ0v) is 8.11. The van der Waals surface area contributed by atoms with Crippen molar-refractivity contribution in [2.24, 2.45) is 0 Å². The first-order valence-electron chi connectivity index (χ1n) is 4.67. The Morgan fingerprint density at radius 2 is 2.00 bits per heavy atom. The fraction of sp³-hybridized carbons (Fsp3) is 0.800. The number of rotatable bonds is 0. The highest BCUT2D eigenvalue weighted by molar-refractivity contribution is 6.63. The SMILES string of the molecule is C=C1CCCB(C(C)(C)C)C1. The van der Waals surface area contributed by atoms with Crippen molar-refractivity contribution in [3.8, 4) is 0 Å². The Morgan fingerprint density at radius 3 is 2.36 bits per heavy atom. The molecule has 1 aliphatic rings. The van der Waals surface area contributed by atoms with Crippen molar-refractivity contribution in [3.63, 3.8) is 0 Å². The summed E-state index contributed by atoms with van der Waals surface area (Å²) in [4.78, 5) is 0. The van der Waals surface area contributed by atoms with Gasteiger partial charge in [0.05, 0.1) is 0 Å². The van der Waals surface area contributed by atoms with Crippen LogP contribution in [-0.2, 0) is 0 Å². The first-order chi connectivity index (χ1) is 5.00. The maximum absolute atomic E-state index is 4.08. The highest BCUT2D eigenvalue weighted by atomic mass is 14.1. The first kappa shape index (κ1) is 8.90. The van der Waals surface area contributed by atoms with Crippen LogP contribution in [0.1, 0.15) is 33.6 Å². The molecule has 0 radical (unpaired) electrons. The van der Waals surface area contributed by atoms with Gasteiger partial charge in [0.1, 0.15) is 6.71 Å². The summed E-state index contributed by atoms with van der Waals surface area (Å²) in [5, 5.41) is 0.489. The summed E-state index contributed by atoms with van der Waals surface area (Å²) in [6, 6.07) is 0. The normalized spacial score (nSPS) is 20.6. The van der Waals surface area contributed by atoms with Gasteiger partial charge in [0.25, 0.3) is 0 Å². The molecule has 1 saturated heterocycles. The summed E-state index contributed by atoms with van der Waals surface area (Å²) in [5.74, 6) is 0. The minimum Gasteiger partial charge on any atom is -0.101 e. The standard InChI is InChI=1S/C10H19B/c1-9-6-5-7-11(8-9)10(2,3)4/h1,5-8H2,2-4H3. The van der Waals surface area contributed by atoms with Gasteiger partial charge in [0.15, 0.2) is 0 Å². The van der Waals surface area contributed by atoms with Crippen LogP contribution in [0.4, 0.5) is 0 Å². The molecule has 11 heavy (non-hydrogen) atoms. The zero-order valence-electron chi connectivity index (χ0n) is 8.11. The summed E-state index contributed by atoms with van der Waals surface area (Å²) < 4.78 is 0. The van der Waals surface area contributed by atoms with Crippen molar-refractivity contribution < 1.29 is 0 Å². The van der Waals surface area contributed by atoms with Gasteiger partial charge in [0.2, 0.25) is 0 Å². The van der Waals surface area contributed by atoms with E-state index in [1.807, 2.05) is 0 Å². The molecule has 0 aromatic rings. The Balaban J connectivity index is 2.53. The smallest absolute Gasteiger partial charge is 0.101 e. The summed E-state index contributed by atoms with van der Waals surface area (Å²) in [6.07, 6.45) is 5.30. The first-order valence-corrected chi connectivity index (χ1v) is 4.67. The number of allylic oxidation sites excluding steroid dienone is 1. The van der Waals surface area contributed by atoms with Gasteiger partial charge in [-0.3, -0.25) is 0 Å². The predicted octanol–water partition coefficient (Wildman–Crippen LogP) is 3.63. The van der Waals surface area contributed by atoms with Crippen molar-refractivity contribution in [2.75, 3.05) is 0 Å². The van der Waals surface area contributed by atoms with Crippen LogP contribution in [0.25, 0.3) is 0 Å². The van der Waals surface area contributed by atoms with Crippen LogP contribution in [0.15, 0.2) is 12.2 Å². The van der Waals surface area contributed by atoms with Crippen LogP contribution < -0.4 is 0 Å². The molecule has 1 aliphatic heterocycles. The molecule has 0 aliphatic carbocycles. The van der Waals surface area contributed by atoms with Gasteiger partial charge in [-0.1, -0.05) is 50.7 Å². The Hall–Kier alpha value is -0.195. The second-order valence-electron chi connectivity index (χ2n) is 4.91. The minimum absolute atomic E-state index is 0.489. The highest BCUT2D eigenvalue weighted by Gasteiger charge is 2.30. The van der Waals surface area contributed by atoms with Gasteiger partial charge >= 0.3 is 0 Å². The largest absolute Gasteiger partial charge is 0.149 e. The lowest BCUT2D eigenvalue weighted by Gasteiger charge is -2.31. The van der Waals surface area contributed by atoms with E-state index in [1.165, 1.54) is 31.1 Å². The maximum Gasteiger partial charge on any atom is 0.149 e. The van der Waals surface area contributed by atoms with E-state index in [9.17, 15) is 0 Å². The van der Waals surface area contributed by atoms with Crippen LogP contribution >= 0.6 is 0 Å². The Bertz CT molecular complexity index is 153. The van der Waals surface area contributed by atoms with E-state index in [1.54, 1.807) is 0 Å². The molecular weight excluding hydrogens is 131 g/mol. The van der Waals surface area contributed by atoms with Gasteiger partial charge in [0, 0.05) is 0 Å². The van der Waals surface area contributed by atoms with Crippen molar-refractivity contribution in [3.05, 3.63) is 12.2 Å². The Kier molecular flexibility index (Phi) is 2.46. The predicted molar refractivity (Wildman–Crippen MR) is 53.5 cm³/mol. The van der Waals surface area contributed by atoms with E-state index in [0.717, 1.165) is 6.71 Å². The quantitative estimate of drug-likeness (QED) is 0.365. The van der Waals surface area contributed by atoms with Crippen LogP contribution in [-0.4, -0.2) is 6.71 Å². The third-order valence-corrected chi connectivity index (χ3v) is 2.84. The monoisotopic (exact) mass is 150 g/mol. The molecule has 0 aromatic carbocycles. The summed E-state index contributed by atoms with van der Waals surface area (Å²) >= 11 is 0. The average Bonchev–Trinajstić information content (AvgIpc) is 1.86. The van der Waals surface area contributed by atoms with Gasteiger partial charge < -0.3 is 0 Å². The van der Waals surface area contributed by atoms with Crippen molar-refractivity contribution in [1.82, 2.24) is 0 Å². The zero-order chi connectivity index (χ0) is 8.48. The van der Waals surface area contributed by atoms with Crippen LogP contribution in [0, 0.1) is 0 Å². The molecule has 0 amide bonds. The maximum atomic E-state index is 4.08. The van der Waals surface area contributed by atoms with Crippen LogP contribution in [0.2, 0.25) is 18.0 Å². The van der Waals surface area contributed by atoms with E-state index in [-0.39, 0.29) is 0 Å². The lowest BCUT2D eigenvalue weighted by Crippen LogP contribution is -2.28. The molecule has 1 rings (SSSR count). The topological polar surface area (TPSA) is 0 Å². The van der Waals surface area contributed by atoms with Gasteiger partial charge in [-0.15, -0.1) is 6.58 Å². The van der Waals surface area contributed by atoms with Crippen LogP contribution in [0.3, 0.4) is 0 Å². The molecule has 1 heterocycles. The van der Waals surface area contributed by atoms with Crippen molar-refractivity contribution in [1.29, 1.82) is 0 Å². The molecule has 1 heteroatoms. The van der Waals surface area contributed by atoms with Gasteiger partial charge in [-0.25, -0.2) is 0 Å². The third-order valence-electron chi connectivity index (χ3n) is 2.84. The second kappa shape index (κ2) is 3.04. The molecule has 0 nitrogen and oxygen atoms in total. The van der Waals surface area contributed by atoms with Crippen LogP contribution in [0.5, 0.6) is 0 Å². The lowest BCUT2D eigenvalue weighted by molar-refractivity contribution is 0.702. The fourth-order valence-electron chi connectivity index (χ4n) is 1.89.